The maximum absolute atomic E-state index is 15.7. The average Bonchev–Trinajstić information content (AvgIpc) is 3.59. The van der Waals surface area contributed by atoms with Crippen LogP contribution >= 0.6 is 0 Å². The van der Waals surface area contributed by atoms with E-state index in [9.17, 15) is 14.7 Å². The summed E-state index contributed by atoms with van der Waals surface area (Å²) in [4.78, 5) is 52.2. The van der Waals surface area contributed by atoms with E-state index in [1.54, 1.807) is 0 Å². The molecule has 326 valence electrons. The zero-order chi connectivity index (χ0) is 42.4. The van der Waals surface area contributed by atoms with Gasteiger partial charge in [0.2, 0.25) is 5.91 Å². The number of benzene rings is 1. The number of aliphatic carboxylic acids is 1. The number of aromatic amines is 1. The van der Waals surface area contributed by atoms with Gasteiger partial charge in [-0.3, -0.25) is 14.4 Å². The fraction of sp³-hybridized carbons (Fsp3) is 0.769. The largest absolute Gasteiger partial charge is 0.481 e. The first-order chi connectivity index (χ1) is 28.3. The third-order valence-corrected chi connectivity index (χ3v) is 21.4. The number of rotatable bonds is 7. The van der Waals surface area contributed by atoms with E-state index in [0.717, 1.165) is 75.0 Å². The molecule has 0 spiro atoms. The summed E-state index contributed by atoms with van der Waals surface area (Å²) < 4.78 is 6.49. The number of hydrogen-bond donors (Lipinski definition) is 2. The summed E-state index contributed by atoms with van der Waals surface area (Å²) in [6, 6.07) is 10.4. The van der Waals surface area contributed by atoms with E-state index < -0.39 is 17.3 Å². The van der Waals surface area contributed by atoms with E-state index in [-0.39, 0.29) is 51.1 Å². The van der Waals surface area contributed by atoms with E-state index in [2.05, 4.69) is 75.7 Å². The predicted molar refractivity (Wildman–Crippen MR) is 232 cm³/mol. The van der Waals surface area contributed by atoms with E-state index in [4.69, 9.17) is 9.72 Å². The molecule has 8 aliphatic rings. The zero-order valence-electron chi connectivity index (χ0n) is 37.9. The molecule has 3 unspecified atom stereocenters. The van der Waals surface area contributed by atoms with Gasteiger partial charge in [0, 0.05) is 12.0 Å². The lowest BCUT2D eigenvalue weighted by molar-refractivity contribution is -0.253. The monoisotopic (exact) mass is 820 g/mol. The van der Waals surface area contributed by atoms with Crippen LogP contribution in [-0.2, 0) is 19.1 Å². The first-order valence-corrected chi connectivity index (χ1v) is 24.2. The van der Waals surface area contributed by atoms with Crippen molar-refractivity contribution in [2.24, 2.45) is 79.3 Å². The Bertz CT molecular complexity index is 2050. The lowest BCUT2D eigenvalue weighted by Gasteiger charge is -2.73. The highest BCUT2D eigenvalue weighted by molar-refractivity contribution is 5.85. The number of carboxylic acid groups (broad SMARTS) is 1. The Morgan fingerprint density at radius 1 is 0.750 bits per heavy atom. The number of hydrogen-bond acceptors (Lipinski definition) is 5. The fourth-order valence-electron chi connectivity index (χ4n) is 17.3. The summed E-state index contributed by atoms with van der Waals surface area (Å²) in [5.74, 6) is 2.16. The molecule has 7 saturated carbocycles. The topological polar surface area (TPSA) is 113 Å². The first kappa shape index (κ1) is 40.9. The van der Waals surface area contributed by atoms with E-state index >= 15 is 4.79 Å². The molecule has 7 aliphatic carbocycles. The van der Waals surface area contributed by atoms with Crippen LogP contribution in [0.1, 0.15) is 164 Å². The van der Waals surface area contributed by atoms with Gasteiger partial charge < -0.3 is 19.7 Å². The summed E-state index contributed by atoms with van der Waals surface area (Å²) in [5.41, 5.74) is 1.95. The van der Waals surface area contributed by atoms with Crippen molar-refractivity contribution in [3.8, 4) is 11.3 Å². The molecule has 2 heterocycles. The standard InChI is InChI=1S/C52H73N3O5/c1-46(2)34(43(56)57)29-35(46)44(58)60-40-20-21-49(6)38(47(40,3)4)19-22-51(8)39(49)17-16-33-41-32(48(5)24-25-48)18-23-52(41,27-26-50(33,51)7)45(59)55-28-12-15-37(55)42-53-30-36(54-42)31-13-10-9-11-14-31/h9-11,13-14,30,32-35,37-41H,12,15-29H2,1-8H3,(H,53,54)(H,56,57)/t32?,33-,34?,35?,37+,38+,39-,40+,41-,49+,50-,51-,52+/m1/s1. The van der Waals surface area contributed by atoms with Crippen molar-refractivity contribution in [1.29, 1.82) is 0 Å². The molecule has 60 heavy (non-hydrogen) atoms. The number of ether oxygens (including phenoxy) is 1. The molecule has 0 bridgehead atoms. The maximum atomic E-state index is 15.7. The summed E-state index contributed by atoms with van der Waals surface area (Å²) in [6.07, 6.45) is 17.9. The highest BCUT2D eigenvalue weighted by Gasteiger charge is 2.74. The minimum atomic E-state index is -0.810. The number of fused-ring (bicyclic) bond motifs is 7. The van der Waals surface area contributed by atoms with Gasteiger partial charge in [-0.25, -0.2) is 4.98 Å². The Balaban J connectivity index is 0.915. The normalized spacial score (nSPS) is 44.3. The highest BCUT2D eigenvalue weighted by atomic mass is 16.5. The Kier molecular flexibility index (Phi) is 9.15. The second-order valence-corrected chi connectivity index (χ2v) is 24.1. The third kappa shape index (κ3) is 5.51. The number of nitrogens with zero attached hydrogens (tertiary/aromatic N) is 2. The number of nitrogens with one attached hydrogen (secondary N) is 1. The van der Waals surface area contributed by atoms with Crippen molar-refractivity contribution >= 4 is 17.8 Å². The second-order valence-electron chi connectivity index (χ2n) is 24.1. The van der Waals surface area contributed by atoms with Crippen molar-refractivity contribution in [2.45, 2.75) is 164 Å². The van der Waals surface area contributed by atoms with Crippen molar-refractivity contribution in [3.63, 3.8) is 0 Å². The van der Waals surface area contributed by atoms with Crippen molar-refractivity contribution in [2.75, 3.05) is 6.54 Å². The predicted octanol–water partition coefficient (Wildman–Crippen LogP) is 11.3. The lowest BCUT2D eigenvalue weighted by atomic mass is 9.32. The molecule has 8 heteroatoms. The molecule has 2 aromatic rings. The van der Waals surface area contributed by atoms with Gasteiger partial charge in [0.15, 0.2) is 0 Å². The summed E-state index contributed by atoms with van der Waals surface area (Å²) in [6.45, 7) is 20.0. The van der Waals surface area contributed by atoms with Crippen LogP contribution < -0.4 is 0 Å². The smallest absolute Gasteiger partial charge is 0.309 e. The Morgan fingerprint density at radius 3 is 2.20 bits per heavy atom. The molecule has 10 rings (SSSR count). The van der Waals surface area contributed by atoms with Crippen LogP contribution in [0, 0.1) is 79.3 Å². The molecule has 13 atom stereocenters. The van der Waals surface area contributed by atoms with Crippen molar-refractivity contribution in [3.05, 3.63) is 42.4 Å². The molecular formula is C52H73N3O5. The van der Waals surface area contributed by atoms with Crippen LogP contribution in [0.4, 0.5) is 0 Å². The van der Waals surface area contributed by atoms with E-state index in [1.165, 1.54) is 38.5 Å². The molecule has 0 radical (unpaired) electrons. The number of imidazole rings is 1. The Morgan fingerprint density at radius 2 is 1.50 bits per heavy atom. The van der Waals surface area contributed by atoms with Crippen LogP contribution in [0.3, 0.4) is 0 Å². The van der Waals surface area contributed by atoms with Crippen molar-refractivity contribution < 1.29 is 24.2 Å². The molecule has 1 aromatic carbocycles. The van der Waals surface area contributed by atoms with Gasteiger partial charge >= 0.3 is 11.9 Å². The molecule has 8 fully saturated rings. The number of aromatic nitrogens is 2. The van der Waals surface area contributed by atoms with Crippen LogP contribution in [0.2, 0.25) is 0 Å². The zero-order valence-corrected chi connectivity index (χ0v) is 37.9. The second kappa shape index (κ2) is 13.4. The summed E-state index contributed by atoms with van der Waals surface area (Å²) in [7, 11) is 0. The number of H-pyrrole nitrogens is 1. The minimum absolute atomic E-state index is 0.0111. The SMILES string of the molecule is CC1(C2CC[C@]3(C(=O)N4CCC[C@H]4c4ncc(-c5ccccc5)[nH]4)CC[C@]4(C)[C@H](CC[C@@H]5[C@@]6(C)CC[C@H](OC(=O)C7CC(C(=O)O)C7(C)C)C(C)(C)[C@@H]6CC[C@]54C)[C@@H]23)CC1. The van der Waals surface area contributed by atoms with Gasteiger partial charge in [0.25, 0.3) is 0 Å². The molecule has 1 amide bonds. The lowest BCUT2D eigenvalue weighted by Crippen LogP contribution is -2.67. The number of carbonyl (C=O) groups excluding carboxylic acids is 2. The number of likely N-dealkylation sites (tertiary alicyclic amines) is 1. The fourth-order valence-corrected chi connectivity index (χ4v) is 17.3. The van der Waals surface area contributed by atoms with Crippen LogP contribution in [-0.4, -0.2) is 50.5 Å². The summed E-state index contributed by atoms with van der Waals surface area (Å²) in [5, 5.41) is 9.72. The number of amides is 1. The third-order valence-electron chi connectivity index (χ3n) is 21.4. The molecule has 1 saturated heterocycles. The quantitative estimate of drug-likeness (QED) is 0.269. The van der Waals surface area contributed by atoms with Gasteiger partial charge in [-0.05, 0) is 159 Å². The molecule has 8 nitrogen and oxygen atoms in total. The van der Waals surface area contributed by atoms with E-state index in [0.29, 0.717) is 47.3 Å². The molecule has 2 N–H and O–H groups in total. The van der Waals surface area contributed by atoms with Crippen molar-refractivity contribution in [1.82, 2.24) is 14.9 Å². The van der Waals surface area contributed by atoms with Gasteiger partial charge in [0.05, 0.1) is 35.2 Å². The molecule has 1 aliphatic heterocycles. The summed E-state index contributed by atoms with van der Waals surface area (Å²) >= 11 is 0. The van der Waals surface area contributed by atoms with Gasteiger partial charge in [-0.2, -0.15) is 0 Å². The maximum Gasteiger partial charge on any atom is 0.309 e. The van der Waals surface area contributed by atoms with Gasteiger partial charge in [-0.15, -0.1) is 0 Å². The Labute approximate surface area is 359 Å². The number of carbonyl (C=O) groups is 3. The number of esters is 1. The van der Waals surface area contributed by atoms with Gasteiger partial charge in [0.1, 0.15) is 11.9 Å². The van der Waals surface area contributed by atoms with Crippen LogP contribution in [0.15, 0.2) is 36.5 Å². The molecule has 1 aromatic heterocycles. The first-order valence-electron chi connectivity index (χ1n) is 24.2. The Hall–Kier alpha value is -3.16. The minimum Gasteiger partial charge on any atom is -0.481 e. The average molecular weight is 820 g/mol. The molecular weight excluding hydrogens is 747 g/mol. The van der Waals surface area contributed by atoms with Gasteiger partial charge in [-0.1, -0.05) is 85.7 Å². The highest BCUT2D eigenvalue weighted by Crippen LogP contribution is 2.79. The van der Waals surface area contributed by atoms with Crippen LogP contribution in [0.25, 0.3) is 11.3 Å². The van der Waals surface area contributed by atoms with E-state index in [1.807, 2.05) is 26.1 Å². The van der Waals surface area contributed by atoms with Crippen LogP contribution in [0.5, 0.6) is 0 Å². The number of carboxylic acids is 1.